The molecule has 4 aromatic rings. The van der Waals surface area contributed by atoms with Crippen molar-refractivity contribution in [3.63, 3.8) is 0 Å². The molecule has 2 aromatic heterocycles. The van der Waals surface area contributed by atoms with Crippen LogP contribution in [0.2, 0.25) is 10.0 Å². The molecule has 52 heavy (non-hydrogen) atoms. The van der Waals surface area contributed by atoms with Gasteiger partial charge in [0.2, 0.25) is 5.91 Å². The number of urea groups is 1. The number of nitrogens with zero attached hydrogens (tertiary/aromatic N) is 5. The lowest BCUT2D eigenvalue weighted by molar-refractivity contribution is -0.117. The first-order chi connectivity index (χ1) is 24.7. The third-order valence-electron chi connectivity index (χ3n) is 9.16. The molecule has 2 aromatic carbocycles. The largest absolute Gasteiger partial charge is 0.493 e. The molecule has 0 unspecified atom stereocenters. The molecule has 5 rings (SSSR count). The van der Waals surface area contributed by atoms with Gasteiger partial charge in [-0.1, -0.05) is 68.2 Å². The van der Waals surface area contributed by atoms with Crippen LogP contribution >= 0.6 is 23.2 Å². The van der Waals surface area contributed by atoms with Gasteiger partial charge < -0.3 is 15.0 Å². The molecule has 0 radical (unpaired) electrons. The van der Waals surface area contributed by atoms with Crippen molar-refractivity contribution in [2.24, 2.45) is 10.9 Å². The molecule has 274 valence electrons. The van der Waals surface area contributed by atoms with Crippen molar-refractivity contribution < 1.29 is 14.3 Å². The van der Waals surface area contributed by atoms with Crippen molar-refractivity contribution in [3.05, 3.63) is 118 Å². The lowest BCUT2D eigenvalue weighted by Crippen LogP contribution is -2.49. The molecule has 0 bridgehead atoms. The number of halogens is 2. The fourth-order valence-electron chi connectivity index (χ4n) is 6.16. The van der Waals surface area contributed by atoms with Gasteiger partial charge in [0.25, 0.3) is 0 Å². The second-order valence-corrected chi connectivity index (χ2v) is 15.5. The highest BCUT2D eigenvalue weighted by molar-refractivity contribution is 6.30. The Kier molecular flexibility index (Phi) is 12.6. The molecule has 9 nitrogen and oxygen atoms in total. The lowest BCUT2D eigenvalue weighted by Gasteiger charge is -2.37. The molecule has 1 aliphatic heterocycles. The van der Waals surface area contributed by atoms with E-state index in [-0.39, 0.29) is 29.8 Å². The number of pyridine rings is 2. The molecule has 3 amide bonds. The van der Waals surface area contributed by atoms with Crippen LogP contribution in [0.15, 0.2) is 90.3 Å². The van der Waals surface area contributed by atoms with Crippen LogP contribution < -0.4 is 10.1 Å². The number of anilines is 1. The summed E-state index contributed by atoms with van der Waals surface area (Å²) in [6.07, 6.45) is 6.83. The van der Waals surface area contributed by atoms with E-state index in [4.69, 9.17) is 37.9 Å². The topological polar surface area (TPSA) is 100 Å². The number of carbonyl (C=O) groups is 2. The molecular weight excluding hydrogens is 695 g/mol. The Balaban J connectivity index is 1.53. The van der Waals surface area contributed by atoms with Gasteiger partial charge in [-0.3, -0.25) is 24.7 Å². The molecule has 1 N–H and O–H groups in total. The number of rotatable bonds is 10. The number of carbonyl (C=O) groups excluding carboxylic acids is 2. The fourth-order valence-corrected chi connectivity index (χ4v) is 6.41. The summed E-state index contributed by atoms with van der Waals surface area (Å²) in [7, 11) is 0. The fraction of sp³-hybridized carbons (Fsp3) is 0.390. The summed E-state index contributed by atoms with van der Waals surface area (Å²) in [6, 6.07) is 20.4. The van der Waals surface area contributed by atoms with Gasteiger partial charge in [0.15, 0.2) is 0 Å². The van der Waals surface area contributed by atoms with Gasteiger partial charge in [-0.05, 0) is 87.1 Å². The second kappa shape index (κ2) is 16.9. The Morgan fingerprint density at radius 3 is 2.21 bits per heavy atom. The zero-order chi connectivity index (χ0) is 37.5. The summed E-state index contributed by atoms with van der Waals surface area (Å²) in [4.78, 5) is 45.7. The average Bonchev–Trinajstić information content (AvgIpc) is 3.11. The van der Waals surface area contributed by atoms with Gasteiger partial charge in [0, 0.05) is 59.1 Å². The normalized spacial score (nSPS) is 14.2. The van der Waals surface area contributed by atoms with E-state index in [0.717, 1.165) is 16.8 Å². The van der Waals surface area contributed by atoms with E-state index in [9.17, 15) is 9.59 Å². The van der Waals surface area contributed by atoms with Crippen LogP contribution in [0.1, 0.15) is 83.2 Å². The molecule has 0 spiro atoms. The summed E-state index contributed by atoms with van der Waals surface area (Å²) in [6.45, 7) is 13.9. The van der Waals surface area contributed by atoms with Crippen LogP contribution in [-0.2, 0) is 22.3 Å². The molecule has 1 aliphatic rings. The van der Waals surface area contributed by atoms with E-state index in [1.165, 1.54) is 0 Å². The Morgan fingerprint density at radius 1 is 0.962 bits per heavy atom. The van der Waals surface area contributed by atoms with E-state index in [0.29, 0.717) is 71.8 Å². The molecule has 0 aliphatic carbocycles. The lowest BCUT2D eigenvalue weighted by atomic mass is 9.91. The number of hydrogen-bond acceptors (Lipinski definition) is 6. The van der Waals surface area contributed by atoms with E-state index in [1.807, 2.05) is 86.3 Å². The zero-order valence-electron chi connectivity index (χ0n) is 30.8. The first kappa shape index (κ1) is 38.8. The van der Waals surface area contributed by atoms with Crippen LogP contribution in [0.5, 0.6) is 5.75 Å². The number of benzene rings is 2. The van der Waals surface area contributed by atoms with Crippen LogP contribution in [0.3, 0.4) is 0 Å². The van der Waals surface area contributed by atoms with Crippen molar-refractivity contribution in [1.82, 2.24) is 19.8 Å². The zero-order valence-corrected chi connectivity index (χ0v) is 32.3. The summed E-state index contributed by atoms with van der Waals surface area (Å²) in [5.74, 6) is 1.12. The monoisotopic (exact) mass is 742 g/mol. The highest BCUT2D eigenvalue weighted by atomic mass is 35.5. The highest BCUT2D eigenvalue weighted by Gasteiger charge is 2.34. The van der Waals surface area contributed by atoms with E-state index in [2.05, 4.69) is 31.1 Å². The minimum absolute atomic E-state index is 0.0596. The van der Waals surface area contributed by atoms with Crippen molar-refractivity contribution in [1.29, 1.82) is 0 Å². The van der Waals surface area contributed by atoms with Crippen LogP contribution in [0.25, 0.3) is 0 Å². The number of aromatic nitrogens is 2. The van der Waals surface area contributed by atoms with Gasteiger partial charge in [-0.25, -0.2) is 4.79 Å². The number of amides is 3. The summed E-state index contributed by atoms with van der Waals surface area (Å²) in [5.41, 5.74) is 2.94. The maximum Gasteiger partial charge on any atom is 0.325 e. The molecule has 1 fully saturated rings. The number of piperidine rings is 1. The van der Waals surface area contributed by atoms with E-state index < -0.39 is 5.54 Å². The van der Waals surface area contributed by atoms with E-state index in [1.54, 1.807) is 29.6 Å². The first-order valence-corrected chi connectivity index (χ1v) is 18.5. The van der Waals surface area contributed by atoms with Gasteiger partial charge in [0.05, 0.1) is 36.1 Å². The van der Waals surface area contributed by atoms with Gasteiger partial charge >= 0.3 is 6.03 Å². The smallest absolute Gasteiger partial charge is 0.325 e. The molecule has 0 atom stereocenters. The summed E-state index contributed by atoms with van der Waals surface area (Å²) in [5, 5.41) is 4.17. The Hall–Kier alpha value is -4.47. The number of aliphatic imine (C=N–C) groups is 1. The maximum atomic E-state index is 14.9. The summed E-state index contributed by atoms with van der Waals surface area (Å²) < 4.78 is 6.28. The Labute approximate surface area is 317 Å². The number of ether oxygens (including phenoxy) is 1. The number of hydrogen-bond donors (Lipinski definition) is 1. The third-order valence-corrected chi connectivity index (χ3v) is 9.66. The molecule has 0 saturated carbocycles. The predicted octanol–water partition coefficient (Wildman–Crippen LogP) is 9.52. The number of amidine groups is 1. The number of likely N-dealkylation sites (tertiary alicyclic amines) is 1. The number of nitrogens with one attached hydrogen (secondary N) is 1. The standard InChI is InChI=1S/C41H48Cl2N6O3/c1-7-52-35-24-36(40(2,3)4)45-26-34(35)38(47-41(5,6)30-12-16-32(43)17-13-30)49(27-29-10-14-31(42)15-11-29)39(51)48-21-18-28(19-22-48)23-37(50)46-33-9-8-20-44-25-33/h8-17,20,24-26,28H,7,18-19,21-23,27H2,1-6H3,(H,46,50). The van der Waals surface area contributed by atoms with Crippen molar-refractivity contribution in [2.75, 3.05) is 25.0 Å². The quantitative estimate of drug-likeness (QED) is 0.129. The maximum absolute atomic E-state index is 14.9. The van der Waals surface area contributed by atoms with Gasteiger partial charge in [-0.15, -0.1) is 0 Å². The van der Waals surface area contributed by atoms with Gasteiger partial charge in [-0.2, -0.15) is 0 Å². The van der Waals surface area contributed by atoms with E-state index >= 15 is 0 Å². The summed E-state index contributed by atoms with van der Waals surface area (Å²) >= 11 is 12.6. The molecule has 1 saturated heterocycles. The van der Waals surface area contributed by atoms with Crippen molar-refractivity contribution in [2.45, 2.75) is 78.3 Å². The minimum Gasteiger partial charge on any atom is -0.493 e. The molecule has 3 heterocycles. The highest BCUT2D eigenvalue weighted by Crippen LogP contribution is 2.33. The minimum atomic E-state index is -0.779. The Bertz CT molecular complexity index is 1850. The molecular formula is C41H48Cl2N6O3. The first-order valence-electron chi connectivity index (χ1n) is 17.7. The van der Waals surface area contributed by atoms with Crippen LogP contribution in [0.4, 0.5) is 10.5 Å². The Morgan fingerprint density at radius 2 is 1.62 bits per heavy atom. The van der Waals surface area contributed by atoms with Gasteiger partial charge in [0.1, 0.15) is 11.6 Å². The second-order valence-electron chi connectivity index (χ2n) is 14.7. The average molecular weight is 744 g/mol. The van der Waals surface area contributed by atoms with Crippen molar-refractivity contribution in [3.8, 4) is 5.75 Å². The third kappa shape index (κ3) is 10.1. The molecule has 11 heteroatoms. The predicted molar refractivity (Wildman–Crippen MR) is 209 cm³/mol. The van der Waals surface area contributed by atoms with Crippen molar-refractivity contribution >= 4 is 46.7 Å². The van der Waals surface area contributed by atoms with Crippen LogP contribution in [-0.4, -0.2) is 57.2 Å². The SMILES string of the molecule is CCOc1cc(C(C)(C)C)ncc1C(=NC(C)(C)c1ccc(Cl)cc1)N(Cc1ccc(Cl)cc1)C(=O)N1CCC(CC(=O)Nc2cccnc2)CC1. The van der Waals surface area contributed by atoms with Crippen LogP contribution in [0, 0.1) is 5.92 Å².